The largest absolute Gasteiger partial charge is 0.384 e. The number of rotatable bonds is 3. The van der Waals surface area contributed by atoms with Crippen molar-refractivity contribution in [3.63, 3.8) is 0 Å². The zero-order valence-corrected chi connectivity index (χ0v) is 17.3. The molecule has 30 heavy (non-hydrogen) atoms. The van der Waals surface area contributed by atoms with E-state index in [0.29, 0.717) is 5.82 Å². The van der Waals surface area contributed by atoms with Crippen LogP contribution in [0.2, 0.25) is 5.02 Å². The van der Waals surface area contributed by atoms with Crippen molar-refractivity contribution in [3.8, 4) is 16.8 Å². The van der Waals surface area contributed by atoms with Gasteiger partial charge in [-0.1, -0.05) is 17.7 Å². The Hall–Kier alpha value is -3.38. The van der Waals surface area contributed by atoms with E-state index in [4.69, 9.17) is 17.3 Å². The molecule has 0 aliphatic carbocycles. The first-order valence-electron chi connectivity index (χ1n) is 9.88. The van der Waals surface area contributed by atoms with Crippen LogP contribution in [-0.4, -0.2) is 19.7 Å². The highest BCUT2D eigenvalue weighted by Crippen LogP contribution is 2.36. The maximum Gasteiger partial charge on any atom is 0.137 e. The van der Waals surface area contributed by atoms with Gasteiger partial charge in [-0.2, -0.15) is 0 Å². The van der Waals surface area contributed by atoms with Crippen molar-refractivity contribution in [1.82, 2.24) is 19.7 Å². The molecule has 4 aromatic rings. The minimum Gasteiger partial charge on any atom is -0.384 e. The lowest BCUT2D eigenvalue weighted by atomic mass is 9.96. The monoisotopic (exact) mass is 416 g/mol. The van der Waals surface area contributed by atoms with Crippen molar-refractivity contribution >= 4 is 23.1 Å². The lowest BCUT2D eigenvalue weighted by Crippen LogP contribution is -2.12. The minimum atomic E-state index is 0.112. The van der Waals surface area contributed by atoms with E-state index in [0.717, 1.165) is 52.0 Å². The van der Waals surface area contributed by atoms with E-state index in [1.165, 1.54) is 5.56 Å². The molecule has 7 heteroatoms. The summed E-state index contributed by atoms with van der Waals surface area (Å²) in [4.78, 5) is 4.11. The molecular formula is C23H21ClN6. The van der Waals surface area contributed by atoms with Gasteiger partial charge in [-0.25, -0.2) is 4.98 Å². The molecule has 1 aliphatic rings. The quantitative estimate of drug-likeness (QED) is 0.492. The Bertz CT molecular complexity index is 1210. The van der Waals surface area contributed by atoms with E-state index >= 15 is 0 Å². The predicted octanol–water partition coefficient (Wildman–Crippen LogP) is 4.97. The standard InChI is InChI=1S/C23H21ClN6/c1-14-28-29-23-9-7-20(27-18-5-3-17(24)4-6-18)19-12-15(2-8-21(19)30(14)23)16-10-11-26-22(25)13-16/h2-6,8,10-13,20,27H,7,9H2,1H3,(H2,25,26). The summed E-state index contributed by atoms with van der Waals surface area (Å²) >= 11 is 6.06. The number of fused-ring (bicyclic) bond motifs is 3. The summed E-state index contributed by atoms with van der Waals surface area (Å²) in [6.07, 6.45) is 3.47. The van der Waals surface area contributed by atoms with Crippen LogP contribution >= 0.6 is 11.6 Å². The van der Waals surface area contributed by atoms with E-state index in [1.807, 2.05) is 43.3 Å². The van der Waals surface area contributed by atoms with Gasteiger partial charge in [-0.15, -0.1) is 10.2 Å². The van der Waals surface area contributed by atoms with Gasteiger partial charge in [0.05, 0.1) is 11.7 Å². The number of pyridine rings is 1. The fraction of sp³-hybridized carbons (Fsp3) is 0.174. The lowest BCUT2D eigenvalue weighted by Gasteiger charge is -2.22. The number of anilines is 2. The van der Waals surface area contributed by atoms with Gasteiger partial charge in [-0.3, -0.25) is 4.57 Å². The molecule has 150 valence electrons. The van der Waals surface area contributed by atoms with Crippen molar-refractivity contribution in [2.24, 2.45) is 0 Å². The van der Waals surface area contributed by atoms with E-state index in [2.05, 4.69) is 43.3 Å². The summed E-state index contributed by atoms with van der Waals surface area (Å²) in [6.45, 7) is 1.99. The third-order valence-corrected chi connectivity index (χ3v) is 5.74. The Labute approximate surface area is 179 Å². The van der Waals surface area contributed by atoms with Crippen LogP contribution < -0.4 is 11.1 Å². The van der Waals surface area contributed by atoms with Crippen LogP contribution in [-0.2, 0) is 6.42 Å². The Balaban J connectivity index is 1.63. The van der Waals surface area contributed by atoms with E-state index in [-0.39, 0.29) is 6.04 Å². The minimum absolute atomic E-state index is 0.112. The summed E-state index contributed by atoms with van der Waals surface area (Å²) in [6, 6.07) is 18.3. The van der Waals surface area contributed by atoms with Gasteiger partial charge in [0.15, 0.2) is 0 Å². The molecule has 0 fully saturated rings. The summed E-state index contributed by atoms with van der Waals surface area (Å²) in [5.74, 6) is 2.38. The number of halogens is 1. The van der Waals surface area contributed by atoms with Crippen LogP contribution in [0.3, 0.4) is 0 Å². The van der Waals surface area contributed by atoms with Crippen LogP contribution in [0, 0.1) is 6.92 Å². The van der Waals surface area contributed by atoms with Gasteiger partial charge in [0.1, 0.15) is 17.5 Å². The van der Waals surface area contributed by atoms with Crippen LogP contribution in [0.4, 0.5) is 11.5 Å². The summed E-state index contributed by atoms with van der Waals surface area (Å²) < 4.78 is 2.16. The van der Waals surface area contributed by atoms with Crippen LogP contribution in [0.1, 0.15) is 29.7 Å². The second-order valence-corrected chi connectivity index (χ2v) is 7.92. The molecule has 2 aromatic carbocycles. The zero-order valence-electron chi connectivity index (χ0n) is 16.5. The SMILES string of the molecule is Cc1nnc2n1-c1ccc(-c3ccnc(N)c3)cc1C(Nc1ccc(Cl)cc1)CC2. The molecule has 0 bridgehead atoms. The topological polar surface area (TPSA) is 81.7 Å². The second-order valence-electron chi connectivity index (χ2n) is 7.48. The molecule has 0 saturated heterocycles. The number of nitrogen functional groups attached to an aromatic ring is 1. The molecule has 0 amide bonds. The number of nitrogens with zero attached hydrogens (tertiary/aromatic N) is 4. The van der Waals surface area contributed by atoms with Crippen LogP contribution in [0.15, 0.2) is 60.8 Å². The Morgan fingerprint density at radius 3 is 2.63 bits per heavy atom. The molecule has 3 N–H and O–H groups in total. The molecule has 1 unspecified atom stereocenters. The fourth-order valence-corrected chi connectivity index (χ4v) is 4.18. The van der Waals surface area contributed by atoms with E-state index in [9.17, 15) is 0 Å². The van der Waals surface area contributed by atoms with Gasteiger partial charge in [-0.05, 0) is 78.6 Å². The molecule has 6 nitrogen and oxygen atoms in total. The lowest BCUT2D eigenvalue weighted by molar-refractivity contribution is 0.686. The first-order chi connectivity index (χ1) is 14.6. The molecule has 0 saturated carbocycles. The highest BCUT2D eigenvalue weighted by atomic mass is 35.5. The number of aryl methyl sites for hydroxylation is 2. The molecule has 3 heterocycles. The number of hydrogen-bond acceptors (Lipinski definition) is 5. The maximum absolute atomic E-state index is 6.06. The maximum atomic E-state index is 6.06. The van der Waals surface area contributed by atoms with Crippen molar-refractivity contribution in [2.45, 2.75) is 25.8 Å². The zero-order chi connectivity index (χ0) is 20.7. The first kappa shape index (κ1) is 18.6. The van der Waals surface area contributed by atoms with Crippen LogP contribution in [0.25, 0.3) is 16.8 Å². The van der Waals surface area contributed by atoms with Crippen LogP contribution in [0.5, 0.6) is 0 Å². The third kappa shape index (κ3) is 3.39. The van der Waals surface area contributed by atoms with Crippen molar-refractivity contribution in [2.75, 3.05) is 11.1 Å². The average molecular weight is 417 g/mol. The molecular weight excluding hydrogens is 396 g/mol. The second kappa shape index (κ2) is 7.46. The Kier molecular flexibility index (Phi) is 4.64. The third-order valence-electron chi connectivity index (χ3n) is 5.49. The van der Waals surface area contributed by atoms with E-state index in [1.54, 1.807) is 6.20 Å². The highest BCUT2D eigenvalue weighted by Gasteiger charge is 2.25. The van der Waals surface area contributed by atoms with E-state index < -0.39 is 0 Å². The average Bonchev–Trinajstić information content (AvgIpc) is 3.04. The molecule has 0 spiro atoms. The summed E-state index contributed by atoms with van der Waals surface area (Å²) in [5, 5.41) is 13.1. The molecule has 1 atom stereocenters. The van der Waals surface area contributed by atoms with Gasteiger partial charge in [0.2, 0.25) is 0 Å². The highest BCUT2D eigenvalue weighted by molar-refractivity contribution is 6.30. The summed E-state index contributed by atoms with van der Waals surface area (Å²) in [7, 11) is 0. The molecule has 1 aliphatic heterocycles. The molecule has 0 radical (unpaired) electrons. The molecule has 5 rings (SSSR count). The van der Waals surface area contributed by atoms with Gasteiger partial charge in [0, 0.05) is 23.3 Å². The van der Waals surface area contributed by atoms with Gasteiger partial charge < -0.3 is 11.1 Å². The van der Waals surface area contributed by atoms with Gasteiger partial charge >= 0.3 is 0 Å². The molecule has 2 aromatic heterocycles. The fourth-order valence-electron chi connectivity index (χ4n) is 4.05. The Morgan fingerprint density at radius 1 is 1.03 bits per heavy atom. The van der Waals surface area contributed by atoms with Crippen molar-refractivity contribution in [3.05, 3.63) is 83.0 Å². The summed E-state index contributed by atoms with van der Waals surface area (Å²) in [5.41, 5.74) is 11.4. The number of nitrogens with one attached hydrogen (secondary N) is 1. The van der Waals surface area contributed by atoms with Crippen molar-refractivity contribution in [1.29, 1.82) is 0 Å². The normalized spacial score (nSPS) is 15.2. The first-order valence-corrected chi connectivity index (χ1v) is 10.3. The number of benzene rings is 2. The predicted molar refractivity (Wildman–Crippen MR) is 120 cm³/mol. The number of nitrogens with two attached hydrogens (primary N) is 1. The van der Waals surface area contributed by atoms with Crippen molar-refractivity contribution < 1.29 is 0 Å². The smallest absolute Gasteiger partial charge is 0.137 e. The van der Waals surface area contributed by atoms with Gasteiger partial charge in [0.25, 0.3) is 0 Å². The number of aromatic nitrogens is 4. The Morgan fingerprint density at radius 2 is 1.83 bits per heavy atom. The number of hydrogen-bond donors (Lipinski definition) is 2.